The summed E-state index contributed by atoms with van der Waals surface area (Å²) < 4.78 is 4.74. The summed E-state index contributed by atoms with van der Waals surface area (Å²) in [5.74, 6) is -0.732. The SMILES string of the molecule is CCC(=O)NCC(=O)Nc1ccc(NC(=O)COC)c(C)c1. The molecule has 0 heterocycles. The van der Waals surface area contributed by atoms with Crippen molar-refractivity contribution >= 4 is 29.1 Å². The minimum atomic E-state index is -0.308. The molecule has 0 fully saturated rings. The molecule has 0 aliphatic carbocycles. The topological polar surface area (TPSA) is 96.5 Å². The van der Waals surface area contributed by atoms with Gasteiger partial charge in [0.15, 0.2) is 0 Å². The number of carbonyl (C=O) groups excluding carboxylic acids is 3. The molecule has 0 saturated carbocycles. The Morgan fingerprint density at radius 2 is 1.82 bits per heavy atom. The van der Waals surface area contributed by atoms with E-state index in [1.54, 1.807) is 25.1 Å². The molecule has 120 valence electrons. The van der Waals surface area contributed by atoms with Crippen LogP contribution in [-0.4, -0.2) is 38.0 Å². The zero-order chi connectivity index (χ0) is 16.5. The third kappa shape index (κ3) is 5.92. The molecule has 0 aliphatic rings. The summed E-state index contributed by atoms with van der Waals surface area (Å²) in [6.45, 7) is 3.44. The van der Waals surface area contributed by atoms with Crippen LogP contribution in [0.2, 0.25) is 0 Å². The van der Waals surface area contributed by atoms with Crippen LogP contribution in [0.1, 0.15) is 18.9 Å². The monoisotopic (exact) mass is 307 g/mol. The molecule has 3 N–H and O–H groups in total. The van der Waals surface area contributed by atoms with Crippen LogP contribution in [0.3, 0.4) is 0 Å². The van der Waals surface area contributed by atoms with E-state index in [0.717, 1.165) is 5.56 Å². The zero-order valence-corrected chi connectivity index (χ0v) is 13.0. The van der Waals surface area contributed by atoms with Crippen LogP contribution in [-0.2, 0) is 19.1 Å². The largest absolute Gasteiger partial charge is 0.375 e. The number of benzene rings is 1. The Morgan fingerprint density at radius 1 is 1.09 bits per heavy atom. The first-order valence-electron chi connectivity index (χ1n) is 6.92. The lowest BCUT2D eigenvalue weighted by molar-refractivity contribution is -0.123. The van der Waals surface area contributed by atoms with Gasteiger partial charge in [-0.2, -0.15) is 0 Å². The van der Waals surface area contributed by atoms with E-state index in [0.29, 0.717) is 17.8 Å². The van der Waals surface area contributed by atoms with Gasteiger partial charge in [0.25, 0.3) is 0 Å². The van der Waals surface area contributed by atoms with Crippen LogP contribution in [0, 0.1) is 6.92 Å². The number of anilines is 2. The van der Waals surface area contributed by atoms with Crippen molar-refractivity contribution in [2.24, 2.45) is 0 Å². The standard InChI is InChI=1S/C15H21N3O4/c1-4-13(19)16-8-14(20)17-11-5-6-12(10(2)7-11)18-15(21)9-22-3/h5-7H,4,8-9H2,1-3H3,(H,16,19)(H,17,20)(H,18,21). The van der Waals surface area contributed by atoms with Gasteiger partial charge in [-0.05, 0) is 30.7 Å². The maximum atomic E-state index is 11.7. The number of hydrogen-bond donors (Lipinski definition) is 3. The number of ether oxygens (including phenoxy) is 1. The number of rotatable bonds is 7. The second-order valence-corrected chi connectivity index (χ2v) is 4.69. The van der Waals surface area contributed by atoms with Gasteiger partial charge in [-0.15, -0.1) is 0 Å². The molecule has 1 aromatic carbocycles. The molecule has 0 unspecified atom stereocenters. The summed E-state index contributed by atoms with van der Waals surface area (Å²) in [4.78, 5) is 34.2. The van der Waals surface area contributed by atoms with Gasteiger partial charge in [-0.25, -0.2) is 0 Å². The minimum Gasteiger partial charge on any atom is -0.375 e. The van der Waals surface area contributed by atoms with Gasteiger partial charge in [0.2, 0.25) is 17.7 Å². The van der Waals surface area contributed by atoms with E-state index in [1.165, 1.54) is 7.11 Å². The van der Waals surface area contributed by atoms with E-state index >= 15 is 0 Å². The third-order valence-electron chi connectivity index (χ3n) is 2.83. The Morgan fingerprint density at radius 3 is 2.41 bits per heavy atom. The fraction of sp³-hybridized carbons (Fsp3) is 0.400. The van der Waals surface area contributed by atoms with Crippen LogP contribution < -0.4 is 16.0 Å². The van der Waals surface area contributed by atoms with Crippen LogP contribution >= 0.6 is 0 Å². The Bertz CT molecular complexity index is 558. The fourth-order valence-corrected chi connectivity index (χ4v) is 1.71. The first-order valence-corrected chi connectivity index (χ1v) is 6.92. The van der Waals surface area contributed by atoms with E-state index in [4.69, 9.17) is 4.74 Å². The molecule has 0 saturated heterocycles. The van der Waals surface area contributed by atoms with Crippen molar-refractivity contribution < 1.29 is 19.1 Å². The average molecular weight is 307 g/mol. The van der Waals surface area contributed by atoms with Crippen molar-refractivity contribution in [2.45, 2.75) is 20.3 Å². The Hall–Kier alpha value is -2.41. The summed E-state index contributed by atoms with van der Waals surface area (Å²) in [6, 6.07) is 5.11. The van der Waals surface area contributed by atoms with Crippen LogP contribution in [0.25, 0.3) is 0 Å². The Kier molecular flexibility index (Phi) is 7.04. The number of amides is 3. The molecule has 0 atom stereocenters. The molecule has 7 nitrogen and oxygen atoms in total. The first-order chi connectivity index (χ1) is 10.5. The normalized spacial score (nSPS) is 9.95. The van der Waals surface area contributed by atoms with E-state index < -0.39 is 0 Å². The Labute approximate surface area is 129 Å². The summed E-state index contributed by atoms with van der Waals surface area (Å²) in [7, 11) is 1.45. The number of methoxy groups -OCH3 is 1. The highest BCUT2D eigenvalue weighted by atomic mass is 16.5. The summed E-state index contributed by atoms with van der Waals surface area (Å²) >= 11 is 0. The van der Waals surface area contributed by atoms with Crippen LogP contribution in [0.5, 0.6) is 0 Å². The molecule has 1 aromatic rings. The van der Waals surface area contributed by atoms with Gasteiger partial charge in [0.05, 0.1) is 6.54 Å². The highest BCUT2D eigenvalue weighted by Gasteiger charge is 2.07. The van der Waals surface area contributed by atoms with E-state index in [2.05, 4.69) is 16.0 Å². The van der Waals surface area contributed by atoms with Crippen LogP contribution in [0.15, 0.2) is 18.2 Å². The second-order valence-electron chi connectivity index (χ2n) is 4.69. The number of aryl methyl sites for hydroxylation is 1. The summed E-state index contributed by atoms with van der Waals surface area (Å²) in [5, 5.41) is 7.88. The zero-order valence-electron chi connectivity index (χ0n) is 13.0. The first kappa shape index (κ1) is 17.6. The van der Waals surface area contributed by atoms with Gasteiger partial charge < -0.3 is 20.7 Å². The molecule has 1 rings (SSSR count). The smallest absolute Gasteiger partial charge is 0.250 e. The van der Waals surface area contributed by atoms with Gasteiger partial charge in [0, 0.05) is 24.9 Å². The van der Waals surface area contributed by atoms with E-state index in [9.17, 15) is 14.4 Å². The van der Waals surface area contributed by atoms with Crippen LogP contribution in [0.4, 0.5) is 11.4 Å². The molecular formula is C15H21N3O4. The van der Waals surface area contributed by atoms with Crippen molar-refractivity contribution in [1.82, 2.24) is 5.32 Å². The number of hydrogen-bond acceptors (Lipinski definition) is 4. The molecular weight excluding hydrogens is 286 g/mol. The predicted octanol–water partition coefficient (Wildman–Crippen LogP) is 1.04. The third-order valence-corrected chi connectivity index (χ3v) is 2.83. The maximum Gasteiger partial charge on any atom is 0.250 e. The molecule has 0 spiro atoms. The Balaban J connectivity index is 2.59. The van der Waals surface area contributed by atoms with E-state index in [1.807, 2.05) is 6.92 Å². The molecule has 0 bridgehead atoms. The van der Waals surface area contributed by atoms with Gasteiger partial charge >= 0.3 is 0 Å². The molecule has 22 heavy (non-hydrogen) atoms. The second kappa shape index (κ2) is 8.78. The van der Waals surface area contributed by atoms with Gasteiger partial charge in [-0.1, -0.05) is 6.92 Å². The van der Waals surface area contributed by atoms with Gasteiger partial charge in [0.1, 0.15) is 6.61 Å². The number of carbonyl (C=O) groups is 3. The van der Waals surface area contributed by atoms with Crippen molar-refractivity contribution in [2.75, 3.05) is 30.9 Å². The number of nitrogens with one attached hydrogen (secondary N) is 3. The highest BCUT2D eigenvalue weighted by Crippen LogP contribution is 2.19. The van der Waals surface area contributed by atoms with Crippen molar-refractivity contribution in [1.29, 1.82) is 0 Å². The molecule has 7 heteroatoms. The lowest BCUT2D eigenvalue weighted by Gasteiger charge is -2.11. The van der Waals surface area contributed by atoms with Gasteiger partial charge in [-0.3, -0.25) is 14.4 Å². The highest BCUT2D eigenvalue weighted by molar-refractivity contribution is 5.96. The minimum absolute atomic E-state index is 0.0188. The molecule has 3 amide bonds. The van der Waals surface area contributed by atoms with Crippen molar-refractivity contribution in [3.8, 4) is 0 Å². The van der Waals surface area contributed by atoms with Crippen molar-refractivity contribution in [3.63, 3.8) is 0 Å². The predicted molar refractivity (Wildman–Crippen MR) is 83.6 cm³/mol. The lowest BCUT2D eigenvalue weighted by Crippen LogP contribution is -2.32. The molecule has 0 aliphatic heterocycles. The summed E-state index contributed by atoms with van der Waals surface area (Å²) in [6.07, 6.45) is 0.336. The van der Waals surface area contributed by atoms with E-state index in [-0.39, 0.29) is 30.9 Å². The lowest BCUT2D eigenvalue weighted by atomic mass is 10.1. The fourth-order valence-electron chi connectivity index (χ4n) is 1.71. The maximum absolute atomic E-state index is 11.7. The quantitative estimate of drug-likeness (QED) is 0.701. The summed E-state index contributed by atoms with van der Waals surface area (Å²) in [5.41, 5.74) is 2.05. The molecule has 0 radical (unpaired) electrons. The van der Waals surface area contributed by atoms with Crippen molar-refractivity contribution in [3.05, 3.63) is 23.8 Å². The average Bonchev–Trinajstić information content (AvgIpc) is 2.48. The molecule has 0 aromatic heterocycles.